The van der Waals surface area contributed by atoms with Gasteiger partial charge in [0.2, 0.25) is 0 Å². The van der Waals surface area contributed by atoms with Crippen molar-refractivity contribution in [3.63, 3.8) is 0 Å². The van der Waals surface area contributed by atoms with Crippen LogP contribution in [0.15, 0.2) is 59.3 Å². The summed E-state index contributed by atoms with van der Waals surface area (Å²) < 4.78 is 12.8. The van der Waals surface area contributed by atoms with Gasteiger partial charge in [0, 0.05) is 12.6 Å². The summed E-state index contributed by atoms with van der Waals surface area (Å²) in [5.74, 6) is 1.30. The van der Waals surface area contributed by atoms with Crippen LogP contribution >= 0.6 is 0 Å². The number of carbonyl (C=O) groups excluding carboxylic acids is 1. The van der Waals surface area contributed by atoms with Crippen molar-refractivity contribution < 1.29 is 13.9 Å². The average molecular weight is 433 g/mol. The molecule has 1 unspecified atom stereocenters. The second-order valence-electron chi connectivity index (χ2n) is 8.00. The van der Waals surface area contributed by atoms with E-state index in [0.29, 0.717) is 29.2 Å². The van der Waals surface area contributed by atoms with Gasteiger partial charge in [-0.05, 0) is 63.6 Å². The van der Waals surface area contributed by atoms with Crippen LogP contribution in [-0.2, 0) is 0 Å². The summed E-state index contributed by atoms with van der Waals surface area (Å²) in [6.07, 6.45) is 3.33. The molecular weight excluding hydrogens is 404 g/mol. The first-order valence-electron chi connectivity index (χ1n) is 10.8. The molecule has 0 fully saturated rings. The fourth-order valence-electron chi connectivity index (χ4n) is 3.95. The topological polar surface area (TPSA) is 73.4 Å². The molecule has 0 saturated carbocycles. The summed E-state index contributed by atoms with van der Waals surface area (Å²) in [6, 6.07) is 13.2. The van der Waals surface area contributed by atoms with Gasteiger partial charge >= 0.3 is 0 Å². The van der Waals surface area contributed by atoms with Gasteiger partial charge in [-0.25, -0.2) is 9.67 Å². The predicted molar refractivity (Wildman–Crippen MR) is 124 cm³/mol. The number of ether oxygens (including phenoxy) is 1. The summed E-state index contributed by atoms with van der Waals surface area (Å²) >= 11 is 0. The third-order valence-corrected chi connectivity index (χ3v) is 5.71. The molecule has 0 radical (unpaired) electrons. The third-order valence-electron chi connectivity index (χ3n) is 5.71. The quantitative estimate of drug-likeness (QED) is 0.385. The minimum absolute atomic E-state index is 0.0775. The van der Waals surface area contributed by atoms with E-state index in [0.717, 1.165) is 16.7 Å². The van der Waals surface area contributed by atoms with Crippen LogP contribution < -0.4 is 4.74 Å². The molecule has 0 saturated heterocycles. The molecule has 4 aromatic rings. The Labute approximate surface area is 187 Å². The van der Waals surface area contributed by atoms with Crippen molar-refractivity contribution >= 4 is 16.9 Å². The molecule has 0 aliphatic rings. The number of hydrogen-bond donors (Lipinski definition) is 0. The zero-order valence-corrected chi connectivity index (χ0v) is 19.1. The highest BCUT2D eigenvalue weighted by Crippen LogP contribution is 2.30. The number of benzene rings is 1. The Bertz CT molecular complexity index is 1230. The van der Waals surface area contributed by atoms with Gasteiger partial charge in [0.15, 0.2) is 11.4 Å². The molecule has 166 valence electrons. The Balaban J connectivity index is 1.82. The van der Waals surface area contributed by atoms with Crippen LogP contribution in [0.25, 0.3) is 22.5 Å². The molecule has 7 heteroatoms. The normalized spacial score (nSPS) is 12.3. The second-order valence-corrected chi connectivity index (χ2v) is 8.00. The lowest BCUT2D eigenvalue weighted by atomic mass is 10.0. The molecule has 32 heavy (non-hydrogen) atoms. The van der Waals surface area contributed by atoms with E-state index in [1.54, 1.807) is 25.6 Å². The lowest BCUT2D eigenvalue weighted by Gasteiger charge is -2.29. The molecule has 1 amide bonds. The summed E-state index contributed by atoms with van der Waals surface area (Å²) in [6.45, 7) is 8.64. The van der Waals surface area contributed by atoms with Crippen molar-refractivity contribution in [2.45, 2.75) is 39.8 Å². The maximum atomic E-state index is 13.9. The number of aromatic nitrogens is 3. The summed E-state index contributed by atoms with van der Waals surface area (Å²) in [5.41, 5.74) is 2.85. The van der Waals surface area contributed by atoms with Gasteiger partial charge in [-0.1, -0.05) is 12.1 Å². The summed E-state index contributed by atoms with van der Waals surface area (Å²) in [5, 5.41) is 5.24. The van der Waals surface area contributed by atoms with Crippen LogP contribution in [-0.4, -0.2) is 39.2 Å². The Hall–Kier alpha value is -3.61. The molecule has 0 aliphatic heterocycles. The number of rotatable bonds is 7. The maximum Gasteiger partial charge on any atom is 0.255 e. The molecule has 7 nitrogen and oxygen atoms in total. The van der Waals surface area contributed by atoms with Crippen molar-refractivity contribution in [1.82, 2.24) is 19.7 Å². The SMILES string of the molecule is CCN(C(=O)c1cc(-c2ccco2)nc2c1cnn2C(C)C)C(C)c1cccc(OC)c1. The van der Waals surface area contributed by atoms with Crippen LogP contribution in [0.2, 0.25) is 0 Å². The minimum atomic E-state index is -0.141. The highest BCUT2D eigenvalue weighted by Gasteiger charge is 2.26. The van der Waals surface area contributed by atoms with Crippen molar-refractivity contribution in [1.29, 1.82) is 0 Å². The summed E-state index contributed by atoms with van der Waals surface area (Å²) in [7, 11) is 1.64. The molecule has 0 N–H and O–H groups in total. The van der Waals surface area contributed by atoms with E-state index in [2.05, 4.69) is 5.10 Å². The number of fused-ring (bicyclic) bond motifs is 1. The number of furan rings is 1. The van der Waals surface area contributed by atoms with E-state index in [4.69, 9.17) is 14.1 Å². The van der Waals surface area contributed by atoms with Crippen molar-refractivity contribution in [3.8, 4) is 17.2 Å². The fourth-order valence-corrected chi connectivity index (χ4v) is 3.95. The van der Waals surface area contributed by atoms with E-state index < -0.39 is 0 Å². The number of hydrogen-bond acceptors (Lipinski definition) is 5. The largest absolute Gasteiger partial charge is 0.497 e. The monoisotopic (exact) mass is 432 g/mol. The Morgan fingerprint density at radius 3 is 2.66 bits per heavy atom. The second kappa shape index (κ2) is 8.86. The molecule has 3 aromatic heterocycles. The molecular formula is C25H28N4O3. The van der Waals surface area contributed by atoms with E-state index in [1.165, 1.54) is 0 Å². The number of nitrogens with zero attached hydrogens (tertiary/aromatic N) is 4. The van der Waals surface area contributed by atoms with Gasteiger partial charge in [0.05, 0.1) is 36.6 Å². The average Bonchev–Trinajstić information content (AvgIpc) is 3.49. The standard InChI is InChI=1S/C25H28N4O3/c1-6-28(17(4)18-9-7-10-19(13-18)31-5)25(30)20-14-22(23-11-8-12-32-23)27-24-21(20)15-26-29(24)16(2)3/h7-17H,6H2,1-5H3. The van der Waals surface area contributed by atoms with Crippen LogP contribution in [0.3, 0.4) is 0 Å². The van der Waals surface area contributed by atoms with Gasteiger partial charge in [-0.2, -0.15) is 5.10 Å². The maximum absolute atomic E-state index is 13.9. The molecule has 3 heterocycles. The Morgan fingerprint density at radius 1 is 1.19 bits per heavy atom. The number of methoxy groups -OCH3 is 1. The van der Waals surface area contributed by atoms with Gasteiger partial charge in [0.1, 0.15) is 11.4 Å². The van der Waals surface area contributed by atoms with Crippen LogP contribution in [0.5, 0.6) is 5.75 Å². The Morgan fingerprint density at radius 2 is 2.00 bits per heavy atom. The first kappa shape index (κ1) is 21.6. The smallest absolute Gasteiger partial charge is 0.255 e. The predicted octanol–water partition coefficient (Wildman–Crippen LogP) is 5.50. The van der Waals surface area contributed by atoms with Crippen molar-refractivity contribution in [2.24, 2.45) is 0 Å². The van der Waals surface area contributed by atoms with E-state index in [1.807, 2.05) is 73.7 Å². The van der Waals surface area contributed by atoms with Crippen LogP contribution in [0.4, 0.5) is 0 Å². The summed E-state index contributed by atoms with van der Waals surface area (Å²) in [4.78, 5) is 20.5. The highest BCUT2D eigenvalue weighted by molar-refractivity contribution is 6.06. The molecule has 0 spiro atoms. The lowest BCUT2D eigenvalue weighted by molar-refractivity contribution is 0.0704. The van der Waals surface area contributed by atoms with E-state index in [9.17, 15) is 4.79 Å². The van der Waals surface area contributed by atoms with Crippen LogP contribution in [0.1, 0.15) is 55.7 Å². The first-order chi connectivity index (χ1) is 15.4. The zero-order chi connectivity index (χ0) is 22.8. The van der Waals surface area contributed by atoms with Gasteiger partial charge in [-0.3, -0.25) is 4.79 Å². The molecule has 1 atom stereocenters. The lowest BCUT2D eigenvalue weighted by Crippen LogP contribution is -2.33. The van der Waals surface area contributed by atoms with Crippen molar-refractivity contribution in [3.05, 3.63) is 66.1 Å². The van der Waals surface area contributed by atoms with Gasteiger partial charge in [-0.15, -0.1) is 0 Å². The van der Waals surface area contributed by atoms with Crippen molar-refractivity contribution in [2.75, 3.05) is 13.7 Å². The zero-order valence-electron chi connectivity index (χ0n) is 19.1. The Kier molecular flexibility index (Phi) is 5.99. The molecule has 0 bridgehead atoms. The third kappa shape index (κ3) is 3.86. The van der Waals surface area contributed by atoms with Gasteiger partial charge in [0.25, 0.3) is 5.91 Å². The number of pyridine rings is 1. The molecule has 4 rings (SSSR count). The fraction of sp³-hybridized carbons (Fsp3) is 0.320. The molecule has 1 aromatic carbocycles. The highest BCUT2D eigenvalue weighted by atomic mass is 16.5. The minimum Gasteiger partial charge on any atom is -0.497 e. The first-order valence-corrected chi connectivity index (χ1v) is 10.8. The van der Waals surface area contributed by atoms with Gasteiger partial charge < -0.3 is 14.1 Å². The van der Waals surface area contributed by atoms with E-state index >= 15 is 0 Å². The molecule has 0 aliphatic carbocycles. The number of amides is 1. The van der Waals surface area contributed by atoms with E-state index in [-0.39, 0.29) is 18.0 Å². The number of carbonyl (C=O) groups is 1. The van der Waals surface area contributed by atoms with Crippen LogP contribution in [0, 0.1) is 0 Å².